The van der Waals surface area contributed by atoms with Gasteiger partial charge in [0.05, 0.1) is 53.3 Å². The summed E-state index contributed by atoms with van der Waals surface area (Å²) in [7, 11) is 0. The van der Waals surface area contributed by atoms with Gasteiger partial charge in [0.1, 0.15) is 0 Å². The highest BCUT2D eigenvalue weighted by atomic mass is 16.5. The van der Waals surface area contributed by atoms with Crippen molar-refractivity contribution < 1.29 is 19.1 Å². The number of ether oxygens (including phenoxy) is 2. The minimum atomic E-state index is -0.0326. The number of aromatic nitrogens is 8. The van der Waals surface area contributed by atoms with Crippen molar-refractivity contribution in [3.8, 4) is 34.7 Å². The first-order valence-corrected chi connectivity index (χ1v) is 21.1. The quantitative estimate of drug-likeness (QED) is 0.0923. The molecule has 324 valence electrons. The number of Topliss-reactive ketones (excluding diaryl/α,β-unsaturated/α-hetero) is 2. The highest BCUT2D eigenvalue weighted by molar-refractivity contribution is 5.97. The highest BCUT2D eigenvalue weighted by Crippen LogP contribution is 2.27. The second kappa shape index (κ2) is 23.2. The number of carbonyl (C=O) groups is 2. The maximum absolute atomic E-state index is 12.1. The number of carbonyl (C=O) groups excluding carboxylic acids is 2. The molecule has 3 N–H and O–H groups in total. The number of aromatic amines is 1. The lowest BCUT2D eigenvalue weighted by Crippen LogP contribution is -2.19. The Morgan fingerprint density at radius 2 is 1.21 bits per heavy atom. The molecule has 8 rings (SSSR count). The largest absolute Gasteiger partial charge is 0.381 e. The van der Waals surface area contributed by atoms with Crippen molar-refractivity contribution in [2.45, 2.75) is 78.2 Å². The van der Waals surface area contributed by atoms with Gasteiger partial charge < -0.3 is 20.1 Å². The van der Waals surface area contributed by atoms with Crippen molar-refractivity contribution in [3.63, 3.8) is 0 Å². The molecule has 6 aromatic rings. The molecule has 63 heavy (non-hydrogen) atoms. The molecule has 16 heteroatoms. The maximum Gasteiger partial charge on any atom is 0.227 e. The Hall–Kier alpha value is -7.14. The van der Waals surface area contributed by atoms with Crippen LogP contribution in [0.5, 0.6) is 0 Å². The SMILES string of the molecule is CC1CCOCC1.Cc1cnc(Nc2cn[nH]c2)nc1-c1ccc(C(=O)CCC#N)cc1.Cc1cnc(Nc2cnn(C3CCOCC3)c2)nc1-c1ccc(C(=O)CCC#N)cc1. The number of rotatable bonds is 13. The second-order valence-electron chi connectivity index (χ2n) is 15.4. The number of aryl methyl sites for hydroxylation is 2. The van der Waals surface area contributed by atoms with Crippen LogP contribution in [0.25, 0.3) is 22.5 Å². The summed E-state index contributed by atoms with van der Waals surface area (Å²) in [6, 6.07) is 18.9. The van der Waals surface area contributed by atoms with E-state index in [4.69, 9.17) is 20.0 Å². The predicted octanol–water partition coefficient (Wildman–Crippen LogP) is 9.07. The fraction of sp³-hybridized carbons (Fsp3) is 0.362. The average Bonchev–Trinajstić information content (AvgIpc) is 4.02. The Morgan fingerprint density at radius 1 is 0.714 bits per heavy atom. The molecule has 6 heterocycles. The molecule has 0 spiro atoms. The lowest BCUT2D eigenvalue weighted by atomic mass is 10.0. The van der Waals surface area contributed by atoms with Crippen molar-refractivity contribution in [2.24, 2.45) is 5.92 Å². The molecule has 0 radical (unpaired) electrons. The average molecular weight is 849 g/mol. The number of benzene rings is 2. The molecular weight excluding hydrogens is 797 g/mol. The molecule has 0 atom stereocenters. The molecule has 4 aromatic heterocycles. The zero-order valence-electron chi connectivity index (χ0n) is 35.9. The molecule has 2 aliphatic rings. The van der Waals surface area contributed by atoms with Gasteiger partial charge in [0.2, 0.25) is 11.9 Å². The third kappa shape index (κ3) is 13.4. The molecule has 0 amide bonds. The summed E-state index contributed by atoms with van der Waals surface area (Å²) in [5.41, 5.74) is 8.06. The van der Waals surface area contributed by atoms with Gasteiger partial charge in [-0.3, -0.25) is 19.4 Å². The zero-order chi connectivity index (χ0) is 44.4. The molecule has 0 bridgehead atoms. The summed E-state index contributed by atoms with van der Waals surface area (Å²) >= 11 is 0. The van der Waals surface area contributed by atoms with Gasteiger partial charge in [-0.15, -0.1) is 0 Å². The van der Waals surface area contributed by atoms with E-state index in [1.54, 1.807) is 55.2 Å². The third-order valence-corrected chi connectivity index (χ3v) is 10.5. The Morgan fingerprint density at radius 3 is 1.65 bits per heavy atom. The Balaban J connectivity index is 0.000000184. The van der Waals surface area contributed by atoms with Crippen LogP contribution in [0.15, 0.2) is 85.7 Å². The molecule has 2 aliphatic heterocycles. The van der Waals surface area contributed by atoms with E-state index in [1.807, 2.05) is 61.1 Å². The van der Waals surface area contributed by atoms with Crippen molar-refractivity contribution in [1.82, 2.24) is 39.9 Å². The summed E-state index contributed by atoms with van der Waals surface area (Å²) in [6.45, 7) is 9.67. The Bertz CT molecular complexity index is 2480. The summed E-state index contributed by atoms with van der Waals surface area (Å²) in [4.78, 5) is 41.9. The summed E-state index contributed by atoms with van der Waals surface area (Å²) < 4.78 is 12.5. The lowest BCUT2D eigenvalue weighted by Gasteiger charge is -2.22. The van der Waals surface area contributed by atoms with Crippen LogP contribution in [0.2, 0.25) is 0 Å². The number of hydrogen-bond acceptors (Lipinski definition) is 14. The van der Waals surface area contributed by atoms with Gasteiger partial charge in [-0.2, -0.15) is 20.7 Å². The number of hydrogen-bond donors (Lipinski definition) is 3. The van der Waals surface area contributed by atoms with E-state index < -0.39 is 0 Å². The molecule has 0 unspecified atom stereocenters. The van der Waals surface area contributed by atoms with E-state index in [-0.39, 0.29) is 37.2 Å². The van der Waals surface area contributed by atoms with E-state index in [0.717, 1.165) is 90.2 Å². The minimum Gasteiger partial charge on any atom is -0.381 e. The van der Waals surface area contributed by atoms with Crippen LogP contribution >= 0.6 is 0 Å². The normalized spacial score (nSPS) is 13.9. The van der Waals surface area contributed by atoms with Crippen LogP contribution in [-0.2, 0) is 9.47 Å². The van der Waals surface area contributed by atoms with E-state index in [0.29, 0.717) is 29.1 Å². The van der Waals surface area contributed by atoms with Crippen molar-refractivity contribution in [2.75, 3.05) is 37.1 Å². The van der Waals surface area contributed by atoms with E-state index in [1.165, 1.54) is 12.8 Å². The van der Waals surface area contributed by atoms with Crippen molar-refractivity contribution in [3.05, 3.63) is 108 Å². The van der Waals surface area contributed by atoms with Gasteiger partial charge in [0, 0.05) is 99.2 Å². The maximum atomic E-state index is 12.1. The molecular formula is C47H52N12O4. The van der Waals surface area contributed by atoms with Crippen LogP contribution in [0.1, 0.15) is 96.2 Å². The van der Waals surface area contributed by atoms with Crippen LogP contribution in [-0.4, -0.2) is 77.9 Å². The zero-order valence-corrected chi connectivity index (χ0v) is 35.9. The Kier molecular flexibility index (Phi) is 16.7. The first-order valence-electron chi connectivity index (χ1n) is 21.1. The van der Waals surface area contributed by atoms with Gasteiger partial charge in [-0.1, -0.05) is 55.5 Å². The van der Waals surface area contributed by atoms with Crippen molar-refractivity contribution >= 4 is 34.8 Å². The topological polar surface area (TPSA) is 222 Å². The number of nitrogens with zero attached hydrogens (tertiary/aromatic N) is 9. The monoisotopic (exact) mass is 848 g/mol. The van der Waals surface area contributed by atoms with E-state index >= 15 is 0 Å². The highest BCUT2D eigenvalue weighted by Gasteiger charge is 2.17. The lowest BCUT2D eigenvalue weighted by molar-refractivity contribution is 0.0662. The molecule has 2 fully saturated rings. The van der Waals surface area contributed by atoms with Crippen LogP contribution in [0.3, 0.4) is 0 Å². The fourth-order valence-corrected chi connectivity index (χ4v) is 6.79. The van der Waals surface area contributed by atoms with Crippen molar-refractivity contribution in [1.29, 1.82) is 10.5 Å². The summed E-state index contributed by atoms with van der Waals surface area (Å²) in [6.07, 6.45) is 16.0. The van der Waals surface area contributed by atoms with Crippen LogP contribution in [0, 0.1) is 42.4 Å². The molecule has 2 aromatic carbocycles. The van der Waals surface area contributed by atoms with Gasteiger partial charge in [-0.25, -0.2) is 19.9 Å². The fourth-order valence-electron chi connectivity index (χ4n) is 6.79. The third-order valence-electron chi connectivity index (χ3n) is 10.5. The number of ketones is 2. The molecule has 16 nitrogen and oxygen atoms in total. The van der Waals surface area contributed by atoms with E-state index in [9.17, 15) is 9.59 Å². The standard InChI is InChI=1S/C23H24N6O2.C18H16N6O.C6H12O/c1-16-13-25-23(27-19-14-26-29(15-19)20-8-11-31-12-9-20)28-22(16)18-6-4-17(5-7-18)21(30)3-2-10-24;1-12-9-20-18(23-15-10-21-22-11-15)24-17(12)14-6-4-13(5-7-14)16(25)3-2-8-19;1-6-2-4-7-5-3-6/h4-7,13-15,20H,2-3,8-9,11-12H2,1H3,(H,25,27,28);4-7,9-11H,2-3H2,1H3,(H,21,22)(H,20,23,24);6H,2-5H2,1H3. The minimum absolute atomic E-state index is 0.0311. The van der Waals surface area contributed by atoms with E-state index in [2.05, 4.69) is 52.8 Å². The molecule has 0 saturated carbocycles. The second-order valence-corrected chi connectivity index (χ2v) is 15.4. The van der Waals surface area contributed by atoms with Gasteiger partial charge in [0.15, 0.2) is 11.6 Å². The summed E-state index contributed by atoms with van der Waals surface area (Å²) in [5.74, 6) is 1.80. The number of H-pyrrole nitrogens is 1. The number of nitriles is 2. The predicted molar refractivity (Wildman–Crippen MR) is 238 cm³/mol. The van der Waals surface area contributed by atoms with Gasteiger partial charge in [-0.05, 0) is 56.6 Å². The van der Waals surface area contributed by atoms with Gasteiger partial charge >= 0.3 is 0 Å². The first-order chi connectivity index (χ1) is 30.7. The smallest absolute Gasteiger partial charge is 0.227 e. The first kappa shape index (κ1) is 45.4. The van der Waals surface area contributed by atoms with Crippen LogP contribution < -0.4 is 10.6 Å². The number of nitrogens with one attached hydrogen (secondary N) is 3. The molecule has 2 saturated heterocycles. The van der Waals surface area contributed by atoms with Crippen LogP contribution in [0.4, 0.5) is 23.3 Å². The number of anilines is 4. The van der Waals surface area contributed by atoms with Gasteiger partial charge in [0.25, 0.3) is 0 Å². The molecule has 0 aliphatic carbocycles. The summed E-state index contributed by atoms with van der Waals surface area (Å²) in [5, 5.41) is 34.6. The Labute approximate surface area is 367 Å².